The average Bonchev–Trinajstić information content (AvgIpc) is 2.86. The van der Waals surface area contributed by atoms with Crippen LogP contribution in [0.2, 0.25) is 0 Å². The van der Waals surface area contributed by atoms with Gasteiger partial charge in [0.25, 0.3) is 0 Å². The van der Waals surface area contributed by atoms with Gasteiger partial charge in [-0.25, -0.2) is 0 Å². The van der Waals surface area contributed by atoms with Crippen LogP contribution in [0.4, 0.5) is 0 Å². The molecule has 0 saturated carbocycles. The molecule has 2 aromatic rings. The van der Waals surface area contributed by atoms with Crippen molar-refractivity contribution in [3.05, 3.63) is 56.8 Å². The highest BCUT2D eigenvalue weighted by molar-refractivity contribution is 7.12. The van der Waals surface area contributed by atoms with E-state index in [4.69, 9.17) is 4.74 Å². The molecule has 1 heterocycles. The van der Waals surface area contributed by atoms with Gasteiger partial charge in [0.1, 0.15) is 0 Å². The van der Waals surface area contributed by atoms with Crippen molar-refractivity contribution in [3.8, 4) is 0 Å². The maximum Gasteiger partial charge on any atom is 0.204 e. The molecule has 1 aliphatic rings. The molecule has 0 aliphatic heterocycles. The van der Waals surface area contributed by atoms with Gasteiger partial charge in [-0.15, -0.1) is 11.3 Å². The molecule has 18 heavy (non-hydrogen) atoms. The van der Waals surface area contributed by atoms with Crippen LogP contribution in [-0.4, -0.2) is 18.7 Å². The van der Waals surface area contributed by atoms with Crippen molar-refractivity contribution in [2.45, 2.75) is 6.61 Å². The molecule has 0 saturated heterocycles. The molecule has 1 aromatic carbocycles. The number of carbonyl (C=O) groups is 2. The van der Waals surface area contributed by atoms with Crippen molar-refractivity contribution in [1.82, 2.24) is 0 Å². The van der Waals surface area contributed by atoms with E-state index >= 15 is 0 Å². The Balaban J connectivity index is 2.17. The standard InChI is InChI=1S/C14H10O3S/c1-17-7-8-2-3-9-11(6-8)13(16)14-10(12(9)15)4-5-18-14/h2-6H,7H2,1H3. The minimum absolute atomic E-state index is 0.0625. The third kappa shape index (κ3) is 1.54. The van der Waals surface area contributed by atoms with Crippen LogP contribution in [0.25, 0.3) is 0 Å². The first-order valence-electron chi connectivity index (χ1n) is 5.51. The quantitative estimate of drug-likeness (QED) is 0.709. The molecule has 0 radical (unpaired) electrons. The number of methoxy groups -OCH3 is 1. The fraction of sp³-hybridized carbons (Fsp3) is 0.143. The lowest BCUT2D eigenvalue weighted by Crippen LogP contribution is -2.19. The van der Waals surface area contributed by atoms with Crippen LogP contribution in [0, 0.1) is 0 Å². The van der Waals surface area contributed by atoms with Crippen LogP contribution in [0.5, 0.6) is 0 Å². The van der Waals surface area contributed by atoms with Gasteiger partial charge in [0.05, 0.1) is 11.5 Å². The summed E-state index contributed by atoms with van der Waals surface area (Å²) in [4.78, 5) is 25.0. The van der Waals surface area contributed by atoms with E-state index in [1.165, 1.54) is 11.3 Å². The van der Waals surface area contributed by atoms with Gasteiger partial charge in [0, 0.05) is 23.8 Å². The summed E-state index contributed by atoms with van der Waals surface area (Å²) in [5.74, 6) is -0.127. The third-order valence-corrected chi connectivity index (χ3v) is 3.91. The summed E-state index contributed by atoms with van der Waals surface area (Å²) in [5, 5.41) is 1.78. The molecule has 0 N–H and O–H groups in total. The Morgan fingerprint density at radius 3 is 2.67 bits per heavy atom. The monoisotopic (exact) mass is 258 g/mol. The molecular formula is C14H10O3S. The number of hydrogen-bond acceptors (Lipinski definition) is 4. The van der Waals surface area contributed by atoms with E-state index in [1.807, 2.05) is 6.07 Å². The molecule has 0 fully saturated rings. The van der Waals surface area contributed by atoms with E-state index in [0.717, 1.165) is 5.56 Å². The third-order valence-electron chi connectivity index (χ3n) is 3.00. The van der Waals surface area contributed by atoms with Gasteiger partial charge in [0.15, 0.2) is 5.78 Å². The second-order valence-electron chi connectivity index (χ2n) is 4.13. The summed E-state index contributed by atoms with van der Waals surface area (Å²) < 4.78 is 5.04. The van der Waals surface area contributed by atoms with Gasteiger partial charge < -0.3 is 4.74 Å². The van der Waals surface area contributed by atoms with Crippen LogP contribution in [0.15, 0.2) is 29.6 Å². The molecule has 90 valence electrons. The highest BCUT2D eigenvalue weighted by atomic mass is 32.1. The van der Waals surface area contributed by atoms with Crippen molar-refractivity contribution in [2.24, 2.45) is 0 Å². The average molecular weight is 258 g/mol. The van der Waals surface area contributed by atoms with Crippen LogP contribution in [0.3, 0.4) is 0 Å². The van der Waals surface area contributed by atoms with Crippen LogP contribution in [0.1, 0.15) is 36.7 Å². The molecule has 0 spiro atoms. The normalized spacial score (nSPS) is 13.4. The number of ether oxygens (including phenoxy) is 1. The molecule has 0 amide bonds. The lowest BCUT2D eigenvalue weighted by Gasteiger charge is -2.15. The Hall–Kier alpha value is -1.78. The largest absolute Gasteiger partial charge is 0.380 e. The van der Waals surface area contributed by atoms with Gasteiger partial charge in [-0.3, -0.25) is 9.59 Å². The molecule has 0 atom stereocenters. The number of hydrogen-bond donors (Lipinski definition) is 0. The summed E-state index contributed by atoms with van der Waals surface area (Å²) in [6, 6.07) is 7.00. The minimum Gasteiger partial charge on any atom is -0.380 e. The molecule has 0 bridgehead atoms. The highest BCUT2D eigenvalue weighted by Gasteiger charge is 2.30. The van der Waals surface area contributed by atoms with Gasteiger partial charge in [-0.1, -0.05) is 6.07 Å². The fourth-order valence-corrected chi connectivity index (χ4v) is 3.01. The van der Waals surface area contributed by atoms with E-state index in [9.17, 15) is 9.59 Å². The van der Waals surface area contributed by atoms with Crippen molar-refractivity contribution in [2.75, 3.05) is 7.11 Å². The summed E-state index contributed by atoms with van der Waals surface area (Å²) in [7, 11) is 1.60. The molecule has 1 aromatic heterocycles. The van der Waals surface area contributed by atoms with Crippen LogP contribution < -0.4 is 0 Å². The maximum atomic E-state index is 12.3. The van der Waals surface area contributed by atoms with E-state index in [2.05, 4.69) is 0 Å². The zero-order valence-electron chi connectivity index (χ0n) is 9.73. The van der Waals surface area contributed by atoms with Crippen LogP contribution in [-0.2, 0) is 11.3 Å². The zero-order valence-corrected chi connectivity index (χ0v) is 10.5. The second-order valence-corrected chi connectivity index (χ2v) is 5.05. The topological polar surface area (TPSA) is 43.4 Å². The second kappa shape index (κ2) is 4.15. The summed E-state index contributed by atoms with van der Waals surface area (Å²) in [6.07, 6.45) is 0. The molecule has 3 rings (SSSR count). The lowest BCUT2D eigenvalue weighted by molar-refractivity contribution is 0.0982. The first-order chi connectivity index (χ1) is 8.72. The van der Waals surface area contributed by atoms with E-state index in [1.54, 1.807) is 30.7 Å². The molecule has 3 nitrogen and oxygen atoms in total. The van der Waals surface area contributed by atoms with Crippen molar-refractivity contribution >= 4 is 22.9 Å². The highest BCUT2D eigenvalue weighted by Crippen LogP contribution is 2.31. The number of rotatable bonds is 2. The predicted octanol–water partition coefficient (Wildman–Crippen LogP) is 2.67. The van der Waals surface area contributed by atoms with Gasteiger partial charge >= 0.3 is 0 Å². The Kier molecular flexibility index (Phi) is 2.61. The number of carbonyl (C=O) groups excluding carboxylic acids is 2. The smallest absolute Gasteiger partial charge is 0.204 e. The first-order valence-corrected chi connectivity index (χ1v) is 6.39. The van der Waals surface area contributed by atoms with E-state index in [0.29, 0.717) is 28.2 Å². The SMILES string of the molecule is COCc1ccc2c(c1)C(=O)c1sccc1C2=O. The molecule has 1 aliphatic carbocycles. The molecule has 4 heteroatoms. The van der Waals surface area contributed by atoms with E-state index < -0.39 is 0 Å². The predicted molar refractivity (Wildman–Crippen MR) is 68.3 cm³/mol. The zero-order chi connectivity index (χ0) is 12.7. The summed E-state index contributed by atoms with van der Waals surface area (Å²) >= 11 is 1.32. The van der Waals surface area contributed by atoms with Gasteiger partial charge in [0.2, 0.25) is 5.78 Å². The summed E-state index contributed by atoms with van der Waals surface area (Å²) in [5.41, 5.74) is 2.41. The first kappa shape index (κ1) is 11.3. The van der Waals surface area contributed by atoms with Crippen molar-refractivity contribution in [3.63, 3.8) is 0 Å². The molecular weight excluding hydrogens is 248 g/mol. The number of thiophene rings is 1. The Labute approximate surface area is 108 Å². The van der Waals surface area contributed by atoms with E-state index in [-0.39, 0.29) is 11.6 Å². The Bertz CT molecular complexity index is 655. The fourth-order valence-electron chi connectivity index (χ4n) is 2.17. The maximum absolute atomic E-state index is 12.3. The van der Waals surface area contributed by atoms with Crippen molar-refractivity contribution in [1.29, 1.82) is 0 Å². The Morgan fingerprint density at radius 1 is 1.06 bits per heavy atom. The number of ketones is 2. The van der Waals surface area contributed by atoms with Crippen LogP contribution >= 0.6 is 11.3 Å². The van der Waals surface area contributed by atoms with Crippen molar-refractivity contribution < 1.29 is 14.3 Å². The van der Waals surface area contributed by atoms with Gasteiger partial charge in [-0.2, -0.15) is 0 Å². The minimum atomic E-state index is -0.0650. The number of fused-ring (bicyclic) bond motifs is 2. The number of benzene rings is 1. The summed E-state index contributed by atoms with van der Waals surface area (Å²) in [6.45, 7) is 0.437. The molecule has 0 unspecified atom stereocenters. The lowest BCUT2D eigenvalue weighted by atomic mass is 9.88. The van der Waals surface area contributed by atoms with Gasteiger partial charge in [-0.05, 0) is 29.1 Å². The Morgan fingerprint density at radius 2 is 1.89 bits per heavy atom.